The maximum Gasteiger partial charge on any atom is 0.135 e. The predicted octanol–water partition coefficient (Wildman–Crippen LogP) is 2.25. The molecule has 1 saturated carbocycles. The van der Waals surface area contributed by atoms with E-state index in [2.05, 4.69) is 36.1 Å². The fourth-order valence-corrected chi connectivity index (χ4v) is 2.79. The molecule has 0 unspecified atom stereocenters. The van der Waals surface area contributed by atoms with Gasteiger partial charge in [-0.2, -0.15) is 0 Å². The van der Waals surface area contributed by atoms with Crippen molar-refractivity contribution < 1.29 is 4.74 Å². The topological polar surface area (TPSA) is 50.3 Å². The lowest BCUT2D eigenvalue weighted by Gasteiger charge is -2.26. The summed E-state index contributed by atoms with van der Waals surface area (Å²) in [7, 11) is 0. The first-order valence-electron chi connectivity index (χ1n) is 7.40. The first-order chi connectivity index (χ1) is 9.81. The zero-order valence-electron chi connectivity index (χ0n) is 11.6. The van der Waals surface area contributed by atoms with Crippen molar-refractivity contribution in [1.82, 2.24) is 14.9 Å². The van der Waals surface area contributed by atoms with Crippen LogP contribution in [-0.2, 0) is 4.74 Å². The maximum atomic E-state index is 5.35. The van der Waals surface area contributed by atoms with E-state index in [4.69, 9.17) is 4.74 Å². The average Bonchev–Trinajstić information content (AvgIpc) is 3.29. The van der Waals surface area contributed by atoms with Crippen molar-refractivity contribution >= 4 is 21.7 Å². The molecule has 6 heteroatoms. The summed E-state index contributed by atoms with van der Waals surface area (Å²) in [4.78, 5) is 11.5. The Kier molecular flexibility index (Phi) is 4.86. The van der Waals surface area contributed by atoms with E-state index in [9.17, 15) is 0 Å². The molecule has 0 amide bonds. The number of nitrogens with zero attached hydrogens (tertiary/aromatic N) is 3. The molecule has 2 aliphatic rings. The molecule has 20 heavy (non-hydrogen) atoms. The molecule has 1 aromatic heterocycles. The number of nitrogens with one attached hydrogen (secondary N) is 1. The monoisotopic (exact) mass is 340 g/mol. The van der Waals surface area contributed by atoms with E-state index in [1.54, 1.807) is 0 Å². The highest BCUT2D eigenvalue weighted by molar-refractivity contribution is 9.10. The lowest BCUT2D eigenvalue weighted by molar-refractivity contribution is 0.0378. The Morgan fingerprint density at radius 2 is 2.10 bits per heavy atom. The third kappa shape index (κ3) is 4.14. The molecular weight excluding hydrogens is 320 g/mol. The number of hydrogen-bond donors (Lipinski definition) is 1. The molecule has 0 aromatic carbocycles. The van der Waals surface area contributed by atoms with Crippen molar-refractivity contribution in [2.75, 3.05) is 44.7 Å². The number of aromatic nitrogens is 2. The summed E-state index contributed by atoms with van der Waals surface area (Å²) in [6, 6.07) is 1.96. The van der Waals surface area contributed by atoms with Crippen molar-refractivity contribution in [2.24, 2.45) is 0 Å². The van der Waals surface area contributed by atoms with Crippen LogP contribution in [0.15, 0.2) is 10.7 Å². The predicted molar refractivity (Wildman–Crippen MR) is 82.1 cm³/mol. The van der Waals surface area contributed by atoms with Crippen LogP contribution >= 0.6 is 15.9 Å². The van der Waals surface area contributed by atoms with Gasteiger partial charge < -0.3 is 10.1 Å². The molecule has 1 aromatic rings. The van der Waals surface area contributed by atoms with Crippen LogP contribution in [0.3, 0.4) is 0 Å². The number of halogens is 1. The Labute approximate surface area is 128 Å². The van der Waals surface area contributed by atoms with Crippen molar-refractivity contribution in [3.8, 4) is 0 Å². The van der Waals surface area contributed by atoms with E-state index in [0.29, 0.717) is 5.92 Å². The SMILES string of the molecule is Brc1cc(NCCCN2CCOCC2)nc(C2CC2)n1. The third-order valence-corrected chi connectivity index (χ3v) is 4.12. The van der Waals surface area contributed by atoms with Gasteiger partial charge in [0.2, 0.25) is 0 Å². The maximum absolute atomic E-state index is 5.35. The summed E-state index contributed by atoms with van der Waals surface area (Å²) in [5.41, 5.74) is 0. The highest BCUT2D eigenvalue weighted by Crippen LogP contribution is 2.38. The molecule has 2 heterocycles. The summed E-state index contributed by atoms with van der Waals surface area (Å²) >= 11 is 3.47. The Morgan fingerprint density at radius 1 is 1.30 bits per heavy atom. The fraction of sp³-hybridized carbons (Fsp3) is 0.714. The molecule has 0 spiro atoms. The summed E-state index contributed by atoms with van der Waals surface area (Å²) < 4.78 is 6.23. The lowest BCUT2D eigenvalue weighted by Crippen LogP contribution is -2.37. The van der Waals surface area contributed by atoms with E-state index in [1.807, 2.05) is 6.07 Å². The fourth-order valence-electron chi connectivity index (χ4n) is 2.39. The zero-order chi connectivity index (χ0) is 13.8. The van der Waals surface area contributed by atoms with Gasteiger partial charge in [0.05, 0.1) is 13.2 Å². The number of morpholine rings is 1. The largest absolute Gasteiger partial charge is 0.379 e. The highest BCUT2D eigenvalue weighted by Gasteiger charge is 2.27. The van der Waals surface area contributed by atoms with Crippen LogP contribution in [-0.4, -0.2) is 54.3 Å². The van der Waals surface area contributed by atoms with E-state index in [1.165, 1.54) is 12.8 Å². The molecule has 0 bridgehead atoms. The van der Waals surface area contributed by atoms with E-state index < -0.39 is 0 Å². The van der Waals surface area contributed by atoms with Crippen molar-refractivity contribution in [1.29, 1.82) is 0 Å². The van der Waals surface area contributed by atoms with Crippen LogP contribution in [0.25, 0.3) is 0 Å². The molecule has 1 saturated heterocycles. The Morgan fingerprint density at radius 3 is 2.85 bits per heavy atom. The van der Waals surface area contributed by atoms with Gasteiger partial charge >= 0.3 is 0 Å². The van der Waals surface area contributed by atoms with Crippen LogP contribution in [0.4, 0.5) is 5.82 Å². The average molecular weight is 341 g/mol. The third-order valence-electron chi connectivity index (χ3n) is 3.72. The number of ether oxygens (including phenoxy) is 1. The minimum Gasteiger partial charge on any atom is -0.379 e. The van der Waals surface area contributed by atoms with Gasteiger partial charge in [0.15, 0.2) is 0 Å². The molecule has 0 radical (unpaired) electrons. The highest BCUT2D eigenvalue weighted by atomic mass is 79.9. The number of hydrogen-bond acceptors (Lipinski definition) is 5. The molecule has 1 N–H and O–H groups in total. The van der Waals surface area contributed by atoms with Crippen molar-refractivity contribution in [2.45, 2.75) is 25.2 Å². The smallest absolute Gasteiger partial charge is 0.135 e. The first kappa shape index (κ1) is 14.2. The van der Waals surface area contributed by atoms with Crippen LogP contribution in [0, 0.1) is 0 Å². The summed E-state index contributed by atoms with van der Waals surface area (Å²) in [5, 5.41) is 3.41. The normalized spacial score (nSPS) is 20.1. The number of anilines is 1. The van der Waals surface area contributed by atoms with Gasteiger partial charge in [0.25, 0.3) is 0 Å². The van der Waals surface area contributed by atoms with Crippen molar-refractivity contribution in [3.63, 3.8) is 0 Å². The van der Waals surface area contributed by atoms with E-state index in [-0.39, 0.29) is 0 Å². The van der Waals surface area contributed by atoms with Crippen LogP contribution in [0.5, 0.6) is 0 Å². The van der Waals surface area contributed by atoms with Gasteiger partial charge in [-0.1, -0.05) is 0 Å². The summed E-state index contributed by atoms with van der Waals surface area (Å²) in [6.07, 6.45) is 3.58. The molecule has 1 aliphatic carbocycles. The quantitative estimate of drug-likeness (QED) is 0.635. The Bertz CT molecular complexity index is 447. The van der Waals surface area contributed by atoms with Gasteiger partial charge in [-0.05, 0) is 41.7 Å². The minimum absolute atomic E-state index is 0.585. The zero-order valence-corrected chi connectivity index (χ0v) is 13.2. The Balaban J connectivity index is 1.43. The molecule has 110 valence electrons. The Hall–Kier alpha value is -0.720. The van der Waals surface area contributed by atoms with Crippen LogP contribution in [0.2, 0.25) is 0 Å². The van der Waals surface area contributed by atoms with Crippen LogP contribution in [0.1, 0.15) is 31.0 Å². The standard InChI is InChI=1S/C14H21BrN4O/c15-12-10-13(18-14(17-12)11-2-3-11)16-4-1-5-19-6-8-20-9-7-19/h10-11H,1-9H2,(H,16,17,18). The van der Waals surface area contributed by atoms with Gasteiger partial charge in [0, 0.05) is 31.6 Å². The second-order valence-corrected chi connectivity index (χ2v) is 6.26. The molecule has 2 fully saturated rings. The second-order valence-electron chi connectivity index (χ2n) is 5.44. The lowest BCUT2D eigenvalue weighted by atomic mass is 10.3. The summed E-state index contributed by atoms with van der Waals surface area (Å²) in [5.74, 6) is 2.51. The molecule has 5 nitrogen and oxygen atoms in total. The van der Waals surface area contributed by atoms with Crippen molar-refractivity contribution in [3.05, 3.63) is 16.5 Å². The molecule has 3 rings (SSSR count). The minimum atomic E-state index is 0.585. The first-order valence-corrected chi connectivity index (χ1v) is 8.19. The van der Waals surface area contributed by atoms with Gasteiger partial charge in [-0.15, -0.1) is 0 Å². The second kappa shape index (κ2) is 6.83. The number of rotatable bonds is 6. The molecular formula is C14H21BrN4O. The van der Waals surface area contributed by atoms with Gasteiger partial charge in [-0.25, -0.2) is 9.97 Å². The van der Waals surface area contributed by atoms with Gasteiger partial charge in [-0.3, -0.25) is 4.90 Å². The van der Waals surface area contributed by atoms with Crippen LogP contribution < -0.4 is 5.32 Å². The molecule has 1 aliphatic heterocycles. The molecule has 0 atom stereocenters. The summed E-state index contributed by atoms with van der Waals surface area (Å²) in [6.45, 7) is 5.94. The van der Waals surface area contributed by atoms with Gasteiger partial charge in [0.1, 0.15) is 16.2 Å². The van der Waals surface area contributed by atoms with E-state index in [0.717, 1.165) is 62.1 Å². The van der Waals surface area contributed by atoms with E-state index >= 15 is 0 Å².